The van der Waals surface area contributed by atoms with Crippen molar-refractivity contribution in [1.82, 2.24) is 25.0 Å². The average molecular weight is 951 g/mol. The molecule has 9 rings (SSSR count). The summed E-state index contributed by atoms with van der Waals surface area (Å²) in [5, 5.41) is 6.62. The molecule has 4 fully saturated rings. The zero-order valence-corrected chi connectivity index (χ0v) is 39.0. The number of nitrogens with zero attached hydrogens (tertiary/aromatic N) is 5. The van der Waals surface area contributed by atoms with E-state index in [0.29, 0.717) is 81.2 Å². The van der Waals surface area contributed by atoms with Crippen molar-refractivity contribution in [2.75, 3.05) is 69.2 Å². The van der Waals surface area contributed by atoms with Crippen molar-refractivity contribution in [1.29, 1.82) is 0 Å². The van der Waals surface area contributed by atoms with E-state index < -0.39 is 29.7 Å². The van der Waals surface area contributed by atoms with E-state index in [1.54, 1.807) is 48.7 Å². The monoisotopic (exact) mass is 949 g/mol. The van der Waals surface area contributed by atoms with Crippen molar-refractivity contribution in [2.45, 2.75) is 82.8 Å². The third kappa shape index (κ3) is 10.4. The first-order valence-electron chi connectivity index (χ1n) is 23.9. The minimum absolute atomic E-state index is 0.0402. The lowest BCUT2D eigenvalue weighted by atomic mass is 9.73. The third-order valence-corrected chi connectivity index (χ3v) is 14.8. The molecule has 1 saturated carbocycles. The normalized spacial score (nSPS) is 22.0. The van der Waals surface area contributed by atoms with Crippen LogP contribution in [0.15, 0.2) is 66.9 Å². The Balaban J connectivity index is 0.656. The Bertz CT molecular complexity index is 2590. The summed E-state index contributed by atoms with van der Waals surface area (Å²) in [6.45, 7) is 7.60. The van der Waals surface area contributed by atoms with Gasteiger partial charge in [0, 0.05) is 100 Å². The van der Waals surface area contributed by atoms with Crippen LogP contribution in [0.25, 0.3) is 10.9 Å². The molecule has 5 heterocycles. The van der Waals surface area contributed by atoms with Gasteiger partial charge in [-0.1, -0.05) is 18.5 Å². The Labute approximate surface area is 399 Å². The zero-order valence-electron chi connectivity index (χ0n) is 38.2. The summed E-state index contributed by atoms with van der Waals surface area (Å²) in [6.07, 6.45) is 7.08. The van der Waals surface area contributed by atoms with Crippen LogP contribution < -0.4 is 20.3 Å². The molecular weight excluding hydrogens is 893 g/mol. The minimum Gasteiger partial charge on any atom is -0.489 e. The second kappa shape index (κ2) is 20.7. The Hall–Kier alpha value is -5.97. The molecule has 4 aliphatic heterocycles. The van der Waals surface area contributed by atoms with Gasteiger partial charge >= 0.3 is 0 Å². The Morgan fingerprint density at radius 2 is 1.62 bits per heavy atom. The summed E-state index contributed by atoms with van der Waals surface area (Å²) in [5.41, 5.74) is 3.89. The first kappa shape index (κ1) is 47.1. The molecule has 0 spiro atoms. The number of piperidine rings is 2. The summed E-state index contributed by atoms with van der Waals surface area (Å²) < 4.78 is 26.3. The molecule has 3 saturated heterocycles. The van der Waals surface area contributed by atoms with Gasteiger partial charge in [-0.2, -0.15) is 0 Å². The summed E-state index contributed by atoms with van der Waals surface area (Å²) in [7, 11) is 0. The number of pyridine rings is 1. The number of aromatic nitrogens is 1. The highest BCUT2D eigenvalue weighted by atomic mass is 35.5. The zero-order chi connectivity index (χ0) is 47.5. The SMILES string of the molecule is C[C@@H](C(=O)Nc1ccc(Cl)c(OC2CCN(C(=O)CCOCCN3CCN(c4ccc5c(c4)C(=O)N(C4CCC(=O)NC4=O)C5=O)CC3)CC2)c1)C1CCC(c2ccnc3ccc(F)cc23)CC1. The first-order valence-corrected chi connectivity index (χ1v) is 24.3. The Morgan fingerprint density at radius 1 is 0.853 bits per heavy atom. The third-order valence-electron chi connectivity index (χ3n) is 14.5. The molecule has 4 aromatic rings. The van der Waals surface area contributed by atoms with Gasteiger partial charge in [0.25, 0.3) is 11.8 Å². The lowest BCUT2D eigenvalue weighted by Crippen LogP contribution is -2.54. The van der Waals surface area contributed by atoms with E-state index in [-0.39, 0.29) is 66.0 Å². The summed E-state index contributed by atoms with van der Waals surface area (Å²) in [4.78, 5) is 88.7. The van der Waals surface area contributed by atoms with E-state index in [0.717, 1.165) is 65.8 Å². The number of halogens is 2. The number of carbonyl (C=O) groups excluding carboxylic acids is 6. The number of carbonyl (C=O) groups is 6. The quantitative estimate of drug-likeness (QED) is 0.104. The van der Waals surface area contributed by atoms with E-state index in [2.05, 4.69) is 25.4 Å². The fraction of sp³-hybridized carbons (Fsp3) is 0.471. The second-order valence-corrected chi connectivity index (χ2v) is 19.1. The molecule has 2 atom stereocenters. The van der Waals surface area contributed by atoms with Crippen LogP contribution in [0.1, 0.15) is 96.9 Å². The lowest BCUT2D eigenvalue weighted by Gasteiger charge is -2.36. The number of ether oxygens (including phenoxy) is 2. The number of fused-ring (bicyclic) bond motifs is 2. The van der Waals surface area contributed by atoms with Crippen LogP contribution in [0.2, 0.25) is 5.02 Å². The van der Waals surface area contributed by atoms with Crippen molar-refractivity contribution >= 4 is 69.3 Å². The van der Waals surface area contributed by atoms with E-state index >= 15 is 0 Å². The number of piperazine rings is 1. The number of hydrogen-bond donors (Lipinski definition) is 2. The standard InChI is InChI=1S/C51H57ClFN7O8/c1-31(32-2-4-33(5-3-32)38-14-18-54-43-11-6-34(53)28-40(38)43)48(63)55-35-7-10-42(52)45(29-35)68-37-15-19-59(20-16-37)47(62)17-26-67-27-25-57-21-23-58(24-22-57)36-8-9-39-41(30-36)51(66)60(50(39)65)44-12-13-46(61)56-49(44)64/h6-11,14,18,28-33,37,44H,2-5,12-13,15-17,19-27H2,1H3,(H,55,63)(H,56,61,64)/t31-,32?,33?,44?/m1/s1. The van der Waals surface area contributed by atoms with E-state index in [9.17, 15) is 33.2 Å². The number of likely N-dealkylation sites (tertiary alicyclic amines) is 1. The first-order chi connectivity index (χ1) is 32.9. The van der Waals surface area contributed by atoms with Crippen LogP contribution >= 0.6 is 11.6 Å². The number of hydrogen-bond acceptors (Lipinski definition) is 11. The fourth-order valence-electron chi connectivity index (χ4n) is 10.5. The van der Waals surface area contributed by atoms with Crippen LogP contribution in [0, 0.1) is 17.7 Å². The second-order valence-electron chi connectivity index (χ2n) is 18.7. The molecule has 68 heavy (non-hydrogen) atoms. The minimum atomic E-state index is -0.998. The van der Waals surface area contributed by atoms with Gasteiger partial charge in [-0.15, -0.1) is 0 Å². The molecule has 1 aromatic heterocycles. The van der Waals surface area contributed by atoms with Crippen LogP contribution in [-0.4, -0.2) is 126 Å². The smallest absolute Gasteiger partial charge is 0.262 e. The highest BCUT2D eigenvalue weighted by Crippen LogP contribution is 2.41. The number of benzene rings is 3. The molecule has 5 aliphatic rings. The van der Waals surface area contributed by atoms with Crippen molar-refractivity contribution in [3.8, 4) is 5.75 Å². The molecule has 6 amide bonds. The van der Waals surface area contributed by atoms with Crippen molar-refractivity contribution in [3.63, 3.8) is 0 Å². The average Bonchev–Trinajstić information content (AvgIpc) is 3.59. The molecule has 2 N–H and O–H groups in total. The molecule has 1 aliphatic carbocycles. The predicted molar refractivity (Wildman–Crippen MR) is 253 cm³/mol. The number of anilines is 2. The predicted octanol–water partition coefficient (Wildman–Crippen LogP) is 6.58. The Morgan fingerprint density at radius 3 is 2.38 bits per heavy atom. The van der Waals surface area contributed by atoms with E-state index in [1.807, 2.05) is 24.0 Å². The van der Waals surface area contributed by atoms with Gasteiger partial charge in [-0.3, -0.25) is 48.9 Å². The topological polar surface area (TPSA) is 171 Å². The molecular formula is C51H57ClFN7O8. The highest BCUT2D eigenvalue weighted by Gasteiger charge is 2.45. The number of nitrogens with one attached hydrogen (secondary N) is 2. The molecule has 15 nitrogen and oxygen atoms in total. The molecule has 0 radical (unpaired) electrons. The number of imide groups is 2. The maximum atomic E-state index is 14.1. The van der Waals surface area contributed by atoms with Crippen LogP contribution in [-0.2, 0) is 23.9 Å². The number of rotatable bonds is 14. The molecule has 1 unspecified atom stereocenters. The largest absolute Gasteiger partial charge is 0.489 e. The molecule has 0 bridgehead atoms. The van der Waals surface area contributed by atoms with Crippen molar-refractivity contribution < 1.29 is 42.6 Å². The maximum Gasteiger partial charge on any atom is 0.262 e. The lowest BCUT2D eigenvalue weighted by molar-refractivity contribution is -0.136. The van der Waals surface area contributed by atoms with Gasteiger partial charge in [-0.05, 0) is 104 Å². The summed E-state index contributed by atoms with van der Waals surface area (Å²) in [5.74, 6) is -1.53. The van der Waals surface area contributed by atoms with Crippen LogP contribution in [0.3, 0.4) is 0 Å². The van der Waals surface area contributed by atoms with Gasteiger partial charge in [0.15, 0.2) is 0 Å². The Kier molecular flexibility index (Phi) is 14.4. The molecule has 358 valence electrons. The molecule has 3 aromatic carbocycles. The fourth-order valence-corrected chi connectivity index (χ4v) is 10.6. The van der Waals surface area contributed by atoms with Gasteiger partial charge in [0.1, 0.15) is 23.7 Å². The summed E-state index contributed by atoms with van der Waals surface area (Å²) in [6, 6.07) is 16.2. The van der Waals surface area contributed by atoms with E-state index in [1.165, 1.54) is 6.07 Å². The van der Waals surface area contributed by atoms with Crippen molar-refractivity contribution in [2.24, 2.45) is 11.8 Å². The van der Waals surface area contributed by atoms with Gasteiger partial charge < -0.3 is 24.6 Å². The van der Waals surface area contributed by atoms with Gasteiger partial charge in [-0.25, -0.2) is 4.39 Å². The molecule has 17 heteroatoms. The van der Waals surface area contributed by atoms with Gasteiger partial charge in [0.2, 0.25) is 23.6 Å². The highest BCUT2D eigenvalue weighted by molar-refractivity contribution is 6.32. The van der Waals surface area contributed by atoms with Crippen molar-refractivity contribution in [3.05, 3.63) is 94.4 Å². The van der Waals surface area contributed by atoms with E-state index in [4.69, 9.17) is 21.1 Å². The number of amides is 6. The maximum absolute atomic E-state index is 14.1. The van der Waals surface area contributed by atoms with Crippen LogP contribution in [0.4, 0.5) is 15.8 Å². The van der Waals surface area contributed by atoms with Crippen LogP contribution in [0.5, 0.6) is 5.75 Å². The summed E-state index contributed by atoms with van der Waals surface area (Å²) >= 11 is 6.56. The van der Waals surface area contributed by atoms with Gasteiger partial charge in [0.05, 0.1) is 41.3 Å².